The third-order valence-corrected chi connectivity index (χ3v) is 3.66. The molecule has 2 heteroatoms. The Morgan fingerprint density at radius 1 is 1.25 bits per heavy atom. The second-order valence-electron chi connectivity index (χ2n) is 5.17. The Labute approximate surface area is 101 Å². The molecule has 0 heterocycles. The van der Waals surface area contributed by atoms with Gasteiger partial charge in [0.1, 0.15) is 0 Å². The van der Waals surface area contributed by atoms with E-state index in [1.54, 1.807) is 0 Å². The fraction of sp³-hybridized carbons (Fsp3) is 1.00. The van der Waals surface area contributed by atoms with E-state index in [4.69, 9.17) is 4.74 Å². The lowest BCUT2D eigenvalue weighted by molar-refractivity contribution is 0.0136. The summed E-state index contributed by atoms with van der Waals surface area (Å²) >= 11 is 0. The topological polar surface area (TPSA) is 21.3 Å². The first-order chi connectivity index (χ1) is 7.72. The van der Waals surface area contributed by atoms with Crippen LogP contribution in [0.3, 0.4) is 0 Å². The highest BCUT2D eigenvalue weighted by Crippen LogP contribution is 2.37. The van der Waals surface area contributed by atoms with Crippen LogP contribution in [-0.2, 0) is 4.74 Å². The third-order valence-electron chi connectivity index (χ3n) is 3.66. The largest absolute Gasteiger partial charge is 0.377 e. The van der Waals surface area contributed by atoms with Crippen molar-refractivity contribution in [3.63, 3.8) is 0 Å². The van der Waals surface area contributed by atoms with Gasteiger partial charge in [-0.3, -0.25) is 0 Å². The first-order valence-electron chi connectivity index (χ1n) is 7.07. The smallest absolute Gasteiger partial charge is 0.0756 e. The average molecular weight is 227 g/mol. The summed E-state index contributed by atoms with van der Waals surface area (Å²) in [5.41, 5.74) is 0. The summed E-state index contributed by atoms with van der Waals surface area (Å²) in [6.07, 6.45) is 5.72. The minimum atomic E-state index is 0.457. The Kier molecular flexibility index (Phi) is 6.37. The molecule has 0 bridgehead atoms. The first kappa shape index (κ1) is 14.0. The van der Waals surface area contributed by atoms with Crippen molar-refractivity contribution in [2.45, 2.75) is 65.5 Å². The molecule has 16 heavy (non-hydrogen) atoms. The van der Waals surface area contributed by atoms with Crippen molar-refractivity contribution in [1.82, 2.24) is 5.32 Å². The van der Waals surface area contributed by atoms with E-state index in [1.807, 2.05) is 0 Å². The molecule has 1 fully saturated rings. The molecule has 3 atom stereocenters. The Hall–Kier alpha value is -0.0800. The molecule has 0 saturated heterocycles. The molecule has 1 saturated carbocycles. The van der Waals surface area contributed by atoms with Crippen LogP contribution >= 0.6 is 0 Å². The summed E-state index contributed by atoms with van der Waals surface area (Å²) in [7, 11) is 0. The van der Waals surface area contributed by atoms with Crippen LogP contribution in [0.5, 0.6) is 0 Å². The van der Waals surface area contributed by atoms with Crippen molar-refractivity contribution in [3.05, 3.63) is 0 Å². The van der Waals surface area contributed by atoms with Gasteiger partial charge in [0.25, 0.3) is 0 Å². The minimum Gasteiger partial charge on any atom is -0.377 e. The third kappa shape index (κ3) is 4.42. The van der Waals surface area contributed by atoms with Crippen LogP contribution < -0.4 is 5.32 Å². The lowest BCUT2D eigenvalue weighted by Gasteiger charge is -2.29. The van der Waals surface area contributed by atoms with Gasteiger partial charge in [0, 0.05) is 12.6 Å². The van der Waals surface area contributed by atoms with Gasteiger partial charge >= 0.3 is 0 Å². The predicted molar refractivity (Wildman–Crippen MR) is 69.7 cm³/mol. The van der Waals surface area contributed by atoms with E-state index in [0.29, 0.717) is 12.1 Å². The van der Waals surface area contributed by atoms with E-state index in [-0.39, 0.29) is 0 Å². The Bertz CT molecular complexity index is 180. The normalized spacial score (nSPS) is 21.8. The molecule has 1 aliphatic rings. The number of hydrogen-bond donors (Lipinski definition) is 1. The van der Waals surface area contributed by atoms with Gasteiger partial charge in [-0.05, 0) is 44.6 Å². The minimum absolute atomic E-state index is 0.457. The maximum absolute atomic E-state index is 5.96. The number of likely N-dealkylation sites (N-methyl/N-ethyl adjacent to an activating group) is 1. The van der Waals surface area contributed by atoms with Crippen LogP contribution in [0.25, 0.3) is 0 Å². The van der Waals surface area contributed by atoms with Crippen molar-refractivity contribution in [3.8, 4) is 0 Å². The van der Waals surface area contributed by atoms with Gasteiger partial charge in [-0.15, -0.1) is 0 Å². The van der Waals surface area contributed by atoms with Crippen molar-refractivity contribution >= 4 is 0 Å². The number of ether oxygens (including phenoxy) is 1. The van der Waals surface area contributed by atoms with Gasteiger partial charge in [0.2, 0.25) is 0 Å². The van der Waals surface area contributed by atoms with Crippen LogP contribution in [0.15, 0.2) is 0 Å². The van der Waals surface area contributed by atoms with Gasteiger partial charge in [-0.25, -0.2) is 0 Å². The molecule has 96 valence electrons. The molecule has 0 radical (unpaired) electrons. The van der Waals surface area contributed by atoms with Crippen molar-refractivity contribution in [2.75, 3.05) is 13.2 Å². The fourth-order valence-electron chi connectivity index (χ4n) is 2.39. The van der Waals surface area contributed by atoms with Crippen LogP contribution in [-0.4, -0.2) is 25.3 Å². The van der Waals surface area contributed by atoms with E-state index < -0.39 is 0 Å². The number of hydrogen-bond acceptors (Lipinski definition) is 2. The van der Waals surface area contributed by atoms with E-state index in [2.05, 4.69) is 33.0 Å². The lowest BCUT2D eigenvalue weighted by atomic mass is 9.93. The molecule has 0 amide bonds. The molecule has 0 aliphatic heterocycles. The maximum atomic E-state index is 5.96. The van der Waals surface area contributed by atoms with E-state index in [9.17, 15) is 0 Å². The summed E-state index contributed by atoms with van der Waals surface area (Å²) in [5.74, 6) is 1.62. The van der Waals surface area contributed by atoms with Crippen molar-refractivity contribution < 1.29 is 4.74 Å². The molecule has 0 aromatic rings. The molecule has 0 aromatic carbocycles. The highest BCUT2D eigenvalue weighted by molar-refractivity contribution is 4.90. The van der Waals surface area contributed by atoms with Crippen LogP contribution in [0, 0.1) is 11.8 Å². The summed E-state index contributed by atoms with van der Waals surface area (Å²) < 4.78 is 5.96. The average Bonchev–Trinajstić information content (AvgIpc) is 3.09. The number of rotatable bonds is 9. The molecule has 2 nitrogen and oxygen atoms in total. The van der Waals surface area contributed by atoms with Gasteiger partial charge in [-0.1, -0.05) is 27.2 Å². The summed E-state index contributed by atoms with van der Waals surface area (Å²) in [5, 5.41) is 3.63. The zero-order chi connectivity index (χ0) is 12.0. The van der Waals surface area contributed by atoms with Crippen LogP contribution in [0.2, 0.25) is 0 Å². The quantitative estimate of drug-likeness (QED) is 0.653. The van der Waals surface area contributed by atoms with E-state index >= 15 is 0 Å². The van der Waals surface area contributed by atoms with Crippen LogP contribution in [0.4, 0.5) is 0 Å². The molecule has 1 N–H and O–H groups in total. The van der Waals surface area contributed by atoms with Crippen molar-refractivity contribution in [1.29, 1.82) is 0 Å². The second-order valence-corrected chi connectivity index (χ2v) is 5.17. The molecule has 1 aliphatic carbocycles. The molecular weight excluding hydrogens is 198 g/mol. The molecule has 0 aromatic heterocycles. The zero-order valence-corrected chi connectivity index (χ0v) is 11.5. The standard InChI is InChI=1S/C14H29NO/c1-5-11(4)10-13(15-6-2)14(16-7-3)12-8-9-12/h11-15H,5-10H2,1-4H3. The maximum Gasteiger partial charge on any atom is 0.0756 e. The monoisotopic (exact) mass is 227 g/mol. The first-order valence-corrected chi connectivity index (χ1v) is 7.07. The summed E-state index contributed by atoms with van der Waals surface area (Å²) in [6.45, 7) is 10.8. The summed E-state index contributed by atoms with van der Waals surface area (Å²) in [4.78, 5) is 0. The summed E-state index contributed by atoms with van der Waals surface area (Å²) in [6, 6.07) is 0.562. The van der Waals surface area contributed by atoms with Gasteiger partial charge < -0.3 is 10.1 Å². The predicted octanol–water partition coefficient (Wildman–Crippen LogP) is 3.22. The molecule has 0 spiro atoms. The number of nitrogens with one attached hydrogen (secondary N) is 1. The van der Waals surface area contributed by atoms with Crippen LogP contribution in [0.1, 0.15) is 53.4 Å². The van der Waals surface area contributed by atoms with E-state index in [1.165, 1.54) is 25.7 Å². The highest BCUT2D eigenvalue weighted by atomic mass is 16.5. The highest BCUT2D eigenvalue weighted by Gasteiger charge is 2.37. The zero-order valence-electron chi connectivity index (χ0n) is 11.5. The van der Waals surface area contributed by atoms with Gasteiger partial charge in [0.05, 0.1) is 6.10 Å². The van der Waals surface area contributed by atoms with Crippen molar-refractivity contribution in [2.24, 2.45) is 11.8 Å². The lowest BCUT2D eigenvalue weighted by Crippen LogP contribution is -2.43. The Balaban J connectivity index is 2.49. The molecule has 3 unspecified atom stereocenters. The SMILES string of the molecule is CCNC(CC(C)CC)C(OCC)C1CC1. The van der Waals surface area contributed by atoms with Gasteiger partial charge in [-0.2, -0.15) is 0 Å². The fourth-order valence-corrected chi connectivity index (χ4v) is 2.39. The Morgan fingerprint density at radius 3 is 2.38 bits per heavy atom. The second kappa shape index (κ2) is 7.29. The molecular formula is C14H29NO. The van der Waals surface area contributed by atoms with E-state index in [0.717, 1.165) is 25.0 Å². The molecule has 1 rings (SSSR count). The van der Waals surface area contributed by atoms with Gasteiger partial charge in [0.15, 0.2) is 0 Å². The Morgan fingerprint density at radius 2 is 1.94 bits per heavy atom.